The largest absolute Gasteiger partial charge is 0.341 e. The van der Waals surface area contributed by atoms with Crippen LogP contribution in [0.5, 0.6) is 0 Å². The lowest BCUT2D eigenvalue weighted by Crippen LogP contribution is -2.38. The molecule has 2 aromatic rings. The van der Waals surface area contributed by atoms with Crippen LogP contribution in [0.4, 0.5) is 0 Å². The number of aryl methyl sites for hydroxylation is 1. The number of aromatic nitrogens is 2. The molecule has 120 valence electrons. The summed E-state index contributed by atoms with van der Waals surface area (Å²) in [6, 6.07) is 4.21. The van der Waals surface area contributed by atoms with Gasteiger partial charge in [-0.2, -0.15) is 4.98 Å². The van der Waals surface area contributed by atoms with Crippen LogP contribution in [0.3, 0.4) is 0 Å². The summed E-state index contributed by atoms with van der Waals surface area (Å²) in [5.74, 6) is 1.24. The second kappa shape index (κ2) is 7.71. The Kier molecular flexibility index (Phi) is 5.93. The SMILES string of the molecule is CN(C(=O)CCc1nc(-c2cccs2)no1)C1CCNC1.Cl. The Balaban J connectivity index is 0.00000176. The molecule has 0 aromatic carbocycles. The van der Waals surface area contributed by atoms with Crippen molar-refractivity contribution in [2.75, 3.05) is 20.1 Å². The quantitative estimate of drug-likeness (QED) is 0.899. The van der Waals surface area contributed by atoms with E-state index in [0.29, 0.717) is 30.6 Å². The molecule has 1 N–H and O–H groups in total. The number of halogens is 1. The molecule has 0 saturated carbocycles. The lowest BCUT2D eigenvalue weighted by molar-refractivity contribution is -0.131. The summed E-state index contributed by atoms with van der Waals surface area (Å²) in [5, 5.41) is 9.19. The van der Waals surface area contributed by atoms with Gasteiger partial charge in [0.15, 0.2) is 0 Å². The van der Waals surface area contributed by atoms with Gasteiger partial charge in [0.05, 0.1) is 4.88 Å². The first-order valence-corrected chi connectivity index (χ1v) is 7.95. The molecule has 0 spiro atoms. The van der Waals surface area contributed by atoms with Crippen LogP contribution in [0.15, 0.2) is 22.0 Å². The van der Waals surface area contributed by atoms with Crippen molar-refractivity contribution in [1.82, 2.24) is 20.4 Å². The fourth-order valence-electron chi connectivity index (χ4n) is 2.43. The van der Waals surface area contributed by atoms with Crippen molar-refractivity contribution in [2.45, 2.75) is 25.3 Å². The van der Waals surface area contributed by atoms with Gasteiger partial charge in [0.1, 0.15) is 0 Å². The molecule has 1 saturated heterocycles. The normalized spacial score (nSPS) is 17.2. The Bertz CT molecular complexity index is 596. The standard InChI is InChI=1S/C14H18N4O2S.ClH/c1-18(10-6-7-15-9-10)13(19)5-4-12-16-14(17-20-12)11-3-2-8-21-11;/h2-3,8,10,15H,4-7,9H2,1H3;1H. The van der Waals surface area contributed by atoms with E-state index in [0.717, 1.165) is 24.4 Å². The number of hydrogen-bond donors (Lipinski definition) is 1. The van der Waals surface area contributed by atoms with Crippen LogP contribution < -0.4 is 5.32 Å². The van der Waals surface area contributed by atoms with E-state index in [2.05, 4.69) is 15.5 Å². The highest BCUT2D eigenvalue weighted by atomic mass is 35.5. The van der Waals surface area contributed by atoms with Gasteiger partial charge in [-0.05, 0) is 24.4 Å². The minimum absolute atomic E-state index is 0. The van der Waals surface area contributed by atoms with Gasteiger partial charge < -0.3 is 14.7 Å². The molecule has 3 heterocycles. The van der Waals surface area contributed by atoms with Crippen LogP contribution in [0.1, 0.15) is 18.7 Å². The fraction of sp³-hybridized carbons (Fsp3) is 0.500. The maximum Gasteiger partial charge on any atom is 0.227 e. The zero-order valence-electron chi connectivity index (χ0n) is 12.3. The Labute approximate surface area is 139 Å². The number of nitrogens with zero attached hydrogens (tertiary/aromatic N) is 3. The third-order valence-electron chi connectivity index (χ3n) is 3.74. The molecule has 2 aromatic heterocycles. The van der Waals surface area contributed by atoms with Gasteiger partial charge in [-0.25, -0.2) is 0 Å². The highest BCUT2D eigenvalue weighted by Gasteiger charge is 2.23. The lowest BCUT2D eigenvalue weighted by Gasteiger charge is -2.23. The number of thiophene rings is 1. The summed E-state index contributed by atoms with van der Waals surface area (Å²) in [6.07, 6.45) is 1.91. The summed E-state index contributed by atoms with van der Waals surface area (Å²) in [6.45, 7) is 1.86. The molecule has 3 rings (SSSR count). The third kappa shape index (κ3) is 3.85. The zero-order valence-corrected chi connectivity index (χ0v) is 14.0. The van der Waals surface area contributed by atoms with Crippen LogP contribution in [0.25, 0.3) is 10.7 Å². The second-order valence-corrected chi connectivity index (χ2v) is 6.09. The van der Waals surface area contributed by atoms with Crippen molar-refractivity contribution in [1.29, 1.82) is 0 Å². The highest BCUT2D eigenvalue weighted by molar-refractivity contribution is 7.13. The van der Waals surface area contributed by atoms with Gasteiger partial charge in [-0.15, -0.1) is 23.7 Å². The number of hydrogen-bond acceptors (Lipinski definition) is 6. The van der Waals surface area contributed by atoms with E-state index in [4.69, 9.17) is 4.52 Å². The van der Waals surface area contributed by atoms with Crippen LogP contribution >= 0.6 is 23.7 Å². The Morgan fingerprint density at radius 3 is 3.14 bits per heavy atom. The number of amides is 1. The van der Waals surface area contributed by atoms with E-state index < -0.39 is 0 Å². The molecule has 0 aliphatic carbocycles. The van der Waals surface area contributed by atoms with E-state index in [1.807, 2.05) is 29.5 Å². The molecule has 1 fully saturated rings. The minimum atomic E-state index is 0. The predicted octanol–water partition coefficient (Wildman–Crippen LogP) is 1.97. The molecular formula is C14H19ClN4O2S. The molecule has 1 aliphatic heterocycles. The van der Waals surface area contributed by atoms with Gasteiger partial charge in [0.25, 0.3) is 0 Å². The summed E-state index contributed by atoms with van der Waals surface area (Å²) in [5.41, 5.74) is 0. The van der Waals surface area contributed by atoms with E-state index in [9.17, 15) is 4.79 Å². The molecule has 8 heteroatoms. The molecule has 22 heavy (non-hydrogen) atoms. The topological polar surface area (TPSA) is 71.3 Å². The molecule has 1 amide bonds. The first-order chi connectivity index (χ1) is 10.2. The van der Waals surface area contributed by atoms with E-state index in [1.54, 1.807) is 11.3 Å². The Morgan fingerprint density at radius 2 is 2.45 bits per heavy atom. The lowest BCUT2D eigenvalue weighted by atomic mass is 10.2. The van der Waals surface area contributed by atoms with E-state index in [-0.39, 0.29) is 18.3 Å². The smallest absolute Gasteiger partial charge is 0.227 e. The average Bonchev–Trinajstić information content (AvgIpc) is 3.25. The van der Waals surface area contributed by atoms with E-state index >= 15 is 0 Å². The van der Waals surface area contributed by atoms with E-state index in [1.165, 1.54) is 0 Å². The first kappa shape index (κ1) is 16.9. The predicted molar refractivity (Wildman–Crippen MR) is 87.2 cm³/mol. The Hall–Kier alpha value is -1.44. The Morgan fingerprint density at radius 1 is 1.59 bits per heavy atom. The zero-order chi connectivity index (χ0) is 14.7. The highest BCUT2D eigenvalue weighted by Crippen LogP contribution is 2.21. The summed E-state index contributed by atoms with van der Waals surface area (Å²) in [7, 11) is 1.87. The van der Waals surface area contributed by atoms with Gasteiger partial charge in [-0.3, -0.25) is 4.79 Å². The molecule has 6 nitrogen and oxygen atoms in total. The fourth-order valence-corrected chi connectivity index (χ4v) is 3.08. The van der Waals surface area contributed by atoms with Crippen LogP contribution in [-0.2, 0) is 11.2 Å². The maximum atomic E-state index is 12.1. The van der Waals surface area contributed by atoms with Crippen molar-refractivity contribution in [3.63, 3.8) is 0 Å². The number of likely N-dealkylation sites (N-methyl/N-ethyl adjacent to an activating group) is 1. The van der Waals surface area contributed by atoms with Crippen molar-refractivity contribution < 1.29 is 9.32 Å². The third-order valence-corrected chi connectivity index (χ3v) is 4.60. The van der Waals surface area contributed by atoms with Gasteiger partial charge >= 0.3 is 0 Å². The molecule has 0 radical (unpaired) electrons. The molecule has 1 atom stereocenters. The van der Waals surface area contributed by atoms with Crippen LogP contribution in [0, 0.1) is 0 Å². The van der Waals surface area contributed by atoms with Crippen molar-refractivity contribution in [3.05, 3.63) is 23.4 Å². The summed E-state index contributed by atoms with van der Waals surface area (Å²) in [4.78, 5) is 19.3. The maximum absolute atomic E-state index is 12.1. The number of nitrogens with one attached hydrogen (secondary N) is 1. The van der Waals surface area contributed by atoms with Crippen LogP contribution in [-0.4, -0.2) is 47.1 Å². The molecule has 1 aliphatic rings. The van der Waals surface area contributed by atoms with Crippen LogP contribution in [0.2, 0.25) is 0 Å². The first-order valence-electron chi connectivity index (χ1n) is 7.07. The summed E-state index contributed by atoms with van der Waals surface area (Å²) < 4.78 is 5.21. The summed E-state index contributed by atoms with van der Waals surface area (Å²) >= 11 is 1.57. The van der Waals surface area contributed by atoms with Crippen molar-refractivity contribution in [3.8, 4) is 10.7 Å². The number of carbonyl (C=O) groups is 1. The molecule has 1 unspecified atom stereocenters. The minimum Gasteiger partial charge on any atom is -0.341 e. The number of rotatable bonds is 5. The van der Waals surface area contributed by atoms with Gasteiger partial charge in [0.2, 0.25) is 17.6 Å². The molecule has 0 bridgehead atoms. The van der Waals surface area contributed by atoms with Gasteiger partial charge in [-0.1, -0.05) is 11.2 Å². The van der Waals surface area contributed by atoms with Crippen molar-refractivity contribution in [2.24, 2.45) is 0 Å². The second-order valence-electron chi connectivity index (χ2n) is 5.14. The number of carbonyl (C=O) groups excluding carboxylic acids is 1. The average molecular weight is 343 g/mol. The van der Waals surface area contributed by atoms with Crippen molar-refractivity contribution >= 4 is 29.7 Å². The van der Waals surface area contributed by atoms with Gasteiger partial charge in [0, 0.05) is 32.5 Å². The monoisotopic (exact) mass is 342 g/mol. The molecular weight excluding hydrogens is 324 g/mol.